The van der Waals surface area contributed by atoms with Gasteiger partial charge in [0.05, 0.1) is 30.1 Å². The topological polar surface area (TPSA) is 96.3 Å². The molecule has 0 aliphatic heterocycles. The highest BCUT2D eigenvalue weighted by Crippen LogP contribution is 2.18. The van der Waals surface area contributed by atoms with Crippen molar-refractivity contribution in [1.82, 2.24) is 4.72 Å². The molecule has 2 aromatic carbocycles. The van der Waals surface area contributed by atoms with E-state index in [9.17, 15) is 13.2 Å². The second-order valence-electron chi connectivity index (χ2n) is 4.66. The molecule has 1 N–H and O–H groups in total. The SMILES string of the molecule is COc1ccccc1CC(=O)NS(=O)(=O)c1cccc(C#N)c1. The number of ether oxygens (including phenoxy) is 1. The molecule has 23 heavy (non-hydrogen) atoms. The Morgan fingerprint density at radius 3 is 2.65 bits per heavy atom. The minimum Gasteiger partial charge on any atom is -0.496 e. The van der Waals surface area contributed by atoms with Gasteiger partial charge in [0.2, 0.25) is 5.91 Å². The predicted molar refractivity (Wildman–Crippen MR) is 83.2 cm³/mol. The summed E-state index contributed by atoms with van der Waals surface area (Å²) in [5, 5.41) is 8.82. The smallest absolute Gasteiger partial charge is 0.264 e. The molecule has 2 aromatic rings. The Bertz CT molecular complexity index is 870. The average Bonchev–Trinajstić information content (AvgIpc) is 2.55. The summed E-state index contributed by atoms with van der Waals surface area (Å²) < 4.78 is 31.5. The number of nitrogens with zero attached hydrogens (tertiary/aromatic N) is 1. The number of rotatable bonds is 5. The molecule has 0 aliphatic carbocycles. The molecule has 0 atom stereocenters. The maximum atomic E-state index is 12.2. The zero-order valence-corrected chi connectivity index (χ0v) is 13.1. The number of hydrogen-bond donors (Lipinski definition) is 1. The number of nitriles is 1. The van der Waals surface area contributed by atoms with Crippen molar-refractivity contribution in [2.75, 3.05) is 7.11 Å². The highest BCUT2D eigenvalue weighted by molar-refractivity contribution is 7.90. The molecule has 0 spiro atoms. The first-order chi connectivity index (χ1) is 11.0. The van der Waals surface area contributed by atoms with Crippen LogP contribution in [0.1, 0.15) is 11.1 Å². The number of benzene rings is 2. The van der Waals surface area contributed by atoms with Crippen molar-refractivity contribution in [3.63, 3.8) is 0 Å². The summed E-state index contributed by atoms with van der Waals surface area (Å²) >= 11 is 0. The normalized spacial score (nSPS) is 10.6. The summed E-state index contributed by atoms with van der Waals surface area (Å²) in [6.45, 7) is 0. The first kappa shape index (κ1) is 16.5. The van der Waals surface area contributed by atoms with Gasteiger partial charge in [0.15, 0.2) is 0 Å². The predicted octanol–water partition coefficient (Wildman–Crippen LogP) is 1.61. The van der Waals surface area contributed by atoms with Gasteiger partial charge in [-0.2, -0.15) is 5.26 Å². The van der Waals surface area contributed by atoms with Crippen molar-refractivity contribution < 1.29 is 17.9 Å². The lowest BCUT2D eigenvalue weighted by molar-refractivity contribution is -0.118. The van der Waals surface area contributed by atoms with E-state index < -0.39 is 15.9 Å². The van der Waals surface area contributed by atoms with Crippen molar-refractivity contribution in [3.05, 3.63) is 59.7 Å². The Morgan fingerprint density at radius 1 is 1.22 bits per heavy atom. The summed E-state index contributed by atoms with van der Waals surface area (Å²) in [6.07, 6.45) is -0.138. The van der Waals surface area contributed by atoms with Gasteiger partial charge >= 0.3 is 0 Å². The summed E-state index contributed by atoms with van der Waals surface area (Å²) in [7, 11) is -2.55. The van der Waals surface area contributed by atoms with Crippen molar-refractivity contribution in [2.45, 2.75) is 11.3 Å². The fraction of sp³-hybridized carbons (Fsp3) is 0.125. The van der Waals surface area contributed by atoms with Gasteiger partial charge in [0.1, 0.15) is 5.75 Å². The number of nitrogens with one attached hydrogen (secondary N) is 1. The maximum Gasteiger partial charge on any atom is 0.264 e. The molecule has 0 unspecified atom stereocenters. The number of methoxy groups -OCH3 is 1. The van der Waals surface area contributed by atoms with Gasteiger partial charge in [0, 0.05) is 5.56 Å². The van der Waals surface area contributed by atoms with E-state index in [1.54, 1.807) is 24.3 Å². The van der Waals surface area contributed by atoms with E-state index in [1.165, 1.54) is 31.4 Å². The van der Waals surface area contributed by atoms with Gasteiger partial charge in [-0.05, 0) is 24.3 Å². The molecule has 1 amide bonds. The second-order valence-corrected chi connectivity index (χ2v) is 6.34. The standard InChI is InChI=1S/C16H14N2O4S/c1-22-15-8-3-2-6-13(15)10-16(19)18-23(20,21)14-7-4-5-12(9-14)11-17/h2-9H,10H2,1H3,(H,18,19). The number of carbonyl (C=O) groups excluding carboxylic acids is 1. The van der Waals surface area contributed by atoms with E-state index in [4.69, 9.17) is 10.00 Å². The van der Waals surface area contributed by atoms with Crippen molar-refractivity contribution in [2.24, 2.45) is 0 Å². The van der Waals surface area contributed by atoms with Crippen LogP contribution in [-0.2, 0) is 21.2 Å². The summed E-state index contributed by atoms with van der Waals surface area (Å²) in [5.74, 6) is -0.177. The van der Waals surface area contributed by atoms with E-state index in [0.29, 0.717) is 11.3 Å². The molecular weight excluding hydrogens is 316 g/mol. The molecule has 0 aliphatic rings. The number of carbonyl (C=O) groups is 1. The molecular formula is C16H14N2O4S. The minimum absolute atomic E-state index is 0.134. The highest BCUT2D eigenvalue weighted by atomic mass is 32.2. The molecule has 118 valence electrons. The molecule has 0 saturated heterocycles. The van der Waals surface area contributed by atoms with Crippen LogP contribution < -0.4 is 9.46 Å². The van der Waals surface area contributed by atoms with Crippen molar-refractivity contribution in [1.29, 1.82) is 5.26 Å². The third-order valence-electron chi connectivity index (χ3n) is 3.07. The van der Waals surface area contributed by atoms with Crippen LogP contribution in [0.4, 0.5) is 0 Å². The van der Waals surface area contributed by atoms with Gasteiger partial charge in [-0.1, -0.05) is 24.3 Å². The van der Waals surface area contributed by atoms with Crippen LogP contribution in [0.15, 0.2) is 53.4 Å². The lowest BCUT2D eigenvalue weighted by Gasteiger charge is -2.09. The van der Waals surface area contributed by atoms with E-state index in [1.807, 2.05) is 10.8 Å². The first-order valence-corrected chi connectivity index (χ1v) is 8.12. The minimum atomic E-state index is -4.02. The van der Waals surface area contributed by atoms with E-state index in [2.05, 4.69) is 0 Å². The molecule has 0 bridgehead atoms. The first-order valence-electron chi connectivity index (χ1n) is 6.64. The third-order valence-corrected chi connectivity index (χ3v) is 4.44. The van der Waals surface area contributed by atoms with Gasteiger partial charge in [-0.3, -0.25) is 4.79 Å². The Kier molecular flexibility index (Phi) is 4.98. The number of amides is 1. The van der Waals surface area contributed by atoms with E-state index in [-0.39, 0.29) is 16.9 Å². The van der Waals surface area contributed by atoms with Crippen LogP contribution >= 0.6 is 0 Å². The fourth-order valence-corrected chi connectivity index (χ4v) is 3.03. The Morgan fingerprint density at radius 2 is 1.96 bits per heavy atom. The van der Waals surface area contributed by atoms with Crippen LogP contribution in [0, 0.1) is 11.3 Å². The fourth-order valence-electron chi connectivity index (χ4n) is 2.00. The monoisotopic (exact) mass is 330 g/mol. The van der Waals surface area contributed by atoms with Crippen LogP contribution in [0.3, 0.4) is 0 Å². The molecule has 0 heterocycles. The zero-order valence-electron chi connectivity index (χ0n) is 12.3. The summed E-state index contributed by atoms with van der Waals surface area (Å²) in [6, 6.07) is 14.2. The van der Waals surface area contributed by atoms with Crippen LogP contribution in [0.2, 0.25) is 0 Å². The zero-order chi connectivity index (χ0) is 16.9. The molecule has 7 heteroatoms. The molecule has 2 rings (SSSR count). The number of hydrogen-bond acceptors (Lipinski definition) is 5. The largest absolute Gasteiger partial charge is 0.496 e. The Hall–Kier alpha value is -2.85. The van der Waals surface area contributed by atoms with Gasteiger partial charge in [-0.25, -0.2) is 13.1 Å². The van der Waals surface area contributed by atoms with Crippen molar-refractivity contribution >= 4 is 15.9 Å². The quantitative estimate of drug-likeness (QED) is 0.898. The molecule has 0 saturated carbocycles. The maximum absolute atomic E-state index is 12.2. The van der Waals surface area contributed by atoms with E-state index >= 15 is 0 Å². The Labute approximate surface area is 134 Å². The number of sulfonamides is 1. The average molecular weight is 330 g/mol. The lowest BCUT2D eigenvalue weighted by atomic mass is 10.1. The van der Waals surface area contributed by atoms with Gasteiger partial charge in [-0.15, -0.1) is 0 Å². The second kappa shape index (κ2) is 6.94. The highest BCUT2D eigenvalue weighted by Gasteiger charge is 2.19. The third kappa shape index (κ3) is 4.08. The van der Waals surface area contributed by atoms with Gasteiger partial charge in [0.25, 0.3) is 10.0 Å². The molecule has 6 nitrogen and oxygen atoms in total. The van der Waals surface area contributed by atoms with Crippen LogP contribution in [0.5, 0.6) is 5.75 Å². The van der Waals surface area contributed by atoms with Crippen LogP contribution in [-0.4, -0.2) is 21.4 Å². The summed E-state index contributed by atoms with van der Waals surface area (Å²) in [4.78, 5) is 11.9. The number of para-hydroxylation sites is 1. The molecule has 0 aromatic heterocycles. The molecule has 0 fully saturated rings. The molecule has 0 radical (unpaired) electrons. The summed E-state index contributed by atoms with van der Waals surface area (Å²) in [5.41, 5.74) is 0.776. The van der Waals surface area contributed by atoms with E-state index in [0.717, 1.165) is 0 Å². The van der Waals surface area contributed by atoms with Crippen molar-refractivity contribution in [3.8, 4) is 11.8 Å². The lowest BCUT2D eigenvalue weighted by Crippen LogP contribution is -2.31. The van der Waals surface area contributed by atoms with Gasteiger partial charge < -0.3 is 4.74 Å². The van der Waals surface area contributed by atoms with Crippen LogP contribution in [0.25, 0.3) is 0 Å². The Balaban J connectivity index is 2.17.